The zero-order valence-electron chi connectivity index (χ0n) is 8.97. The molecule has 0 unspecified atom stereocenters. The normalized spacial score (nSPS) is 10.1. The van der Waals surface area contributed by atoms with Crippen LogP contribution in [0.3, 0.4) is 0 Å². The number of rotatable bonds is 4. The van der Waals surface area contributed by atoms with Crippen LogP contribution in [0, 0.1) is 0 Å². The van der Waals surface area contributed by atoms with Crippen molar-refractivity contribution in [3.8, 4) is 11.5 Å². The van der Waals surface area contributed by atoms with Gasteiger partial charge in [-0.05, 0) is 23.6 Å². The number of methoxy groups -OCH3 is 1. The SMILES string of the molecule is COc1cc(OCc2cccs2)ccc1N. The molecule has 0 bridgehead atoms. The van der Waals surface area contributed by atoms with E-state index >= 15 is 0 Å². The van der Waals surface area contributed by atoms with Crippen LogP contribution in [-0.2, 0) is 6.61 Å². The predicted octanol–water partition coefficient (Wildman–Crippen LogP) is 2.92. The lowest BCUT2D eigenvalue weighted by Crippen LogP contribution is -1.96. The molecule has 2 rings (SSSR count). The Kier molecular flexibility index (Phi) is 3.31. The average molecular weight is 235 g/mol. The smallest absolute Gasteiger partial charge is 0.145 e. The molecule has 84 valence electrons. The van der Waals surface area contributed by atoms with Crippen molar-refractivity contribution in [2.75, 3.05) is 12.8 Å². The first kappa shape index (κ1) is 10.8. The molecule has 1 heterocycles. The van der Waals surface area contributed by atoms with Gasteiger partial charge in [-0.3, -0.25) is 0 Å². The minimum Gasteiger partial charge on any atom is -0.494 e. The standard InChI is InChI=1S/C12H13NO2S/c1-14-12-7-9(4-5-11(12)13)15-8-10-3-2-6-16-10/h2-7H,8,13H2,1H3. The number of hydrogen-bond donors (Lipinski definition) is 1. The first-order valence-electron chi connectivity index (χ1n) is 4.88. The molecule has 3 nitrogen and oxygen atoms in total. The van der Waals surface area contributed by atoms with Crippen LogP contribution >= 0.6 is 11.3 Å². The zero-order chi connectivity index (χ0) is 11.4. The van der Waals surface area contributed by atoms with Crippen LogP contribution in [0.4, 0.5) is 5.69 Å². The van der Waals surface area contributed by atoms with E-state index in [0.29, 0.717) is 18.0 Å². The number of benzene rings is 1. The predicted molar refractivity (Wildman–Crippen MR) is 66.1 cm³/mol. The Hall–Kier alpha value is -1.68. The Morgan fingerprint density at radius 2 is 2.19 bits per heavy atom. The van der Waals surface area contributed by atoms with Gasteiger partial charge in [0.1, 0.15) is 18.1 Å². The van der Waals surface area contributed by atoms with E-state index in [9.17, 15) is 0 Å². The molecule has 0 aliphatic carbocycles. The average Bonchev–Trinajstić information content (AvgIpc) is 2.81. The Morgan fingerprint density at radius 3 is 2.88 bits per heavy atom. The van der Waals surface area contributed by atoms with Crippen molar-refractivity contribution in [2.24, 2.45) is 0 Å². The third-order valence-corrected chi connectivity index (χ3v) is 3.02. The van der Waals surface area contributed by atoms with Crippen LogP contribution in [0.2, 0.25) is 0 Å². The van der Waals surface area contributed by atoms with E-state index < -0.39 is 0 Å². The Bertz CT molecular complexity index is 454. The summed E-state index contributed by atoms with van der Waals surface area (Å²) < 4.78 is 10.7. The van der Waals surface area contributed by atoms with Crippen molar-refractivity contribution in [3.63, 3.8) is 0 Å². The summed E-state index contributed by atoms with van der Waals surface area (Å²) in [5.41, 5.74) is 6.33. The van der Waals surface area contributed by atoms with Gasteiger partial charge in [0.15, 0.2) is 0 Å². The van der Waals surface area contributed by atoms with Crippen molar-refractivity contribution >= 4 is 17.0 Å². The zero-order valence-corrected chi connectivity index (χ0v) is 9.79. The minimum atomic E-state index is 0.574. The van der Waals surface area contributed by atoms with Gasteiger partial charge in [-0.25, -0.2) is 0 Å². The van der Waals surface area contributed by atoms with E-state index in [1.807, 2.05) is 23.6 Å². The quantitative estimate of drug-likeness (QED) is 0.829. The fourth-order valence-corrected chi connectivity index (χ4v) is 1.95. The summed E-state index contributed by atoms with van der Waals surface area (Å²) in [6.45, 7) is 0.574. The van der Waals surface area contributed by atoms with Gasteiger partial charge in [0.25, 0.3) is 0 Å². The molecule has 0 radical (unpaired) electrons. The molecule has 0 amide bonds. The van der Waals surface area contributed by atoms with Gasteiger partial charge in [0.05, 0.1) is 12.8 Å². The van der Waals surface area contributed by atoms with E-state index in [-0.39, 0.29) is 0 Å². The third-order valence-electron chi connectivity index (χ3n) is 2.17. The van der Waals surface area contributed by atoms with Gasteiger partial charge < -0.3 is 15.2 Å². The summed E-state index contributed by atoms with van der Waals surface area (Å²) in [5, 5.41) is 2.03. The summed E-state index contributed by atoms with van der Waals surface area (Å²) in [7, 11) is 1.59. The maximum absolute atomic E-state index is 5.71. The van der Waals surface area contributed by atoms with Crippen molar-refractivity contribution in [2.45, 2.75) is 6.61 Å². The maximum atomic E-state index is 5.71. The van der Waals surface area contributed by atoms with Crippen LogP contribution in [0.5, 0.6) is 11.5 Å². The van der Waals surface area contributed by atoms with Gasteiger partial charge >= 0.3 is 0 Å². The Balaban J connectivity index is 2.04. The van der Waals surface area contributed by atoms with Gasteiger partial charge in [-0.1, -0.05) is 6.07 Å². The molecule has 0 fully saturated rings. The minimum absolute atomic E-state index is 0.574. The first-order valence-corrected chi connectivity index (χ1v) is 5.76. The number of thiophene rings is 1. The summed E-state index contributed by atoms with van der Waals surface area (Å²) >= 11 is 1.67. The van der Waals surface area contributed by atoms with Gasteiger partial charge in [0.2, 0.25) is 0 Å². The van der Waals surface area contributed by atoms with Crippen LogP contribution in [0.1, 0.15) is 4.88 Å². The van der Waals surface area contributed by atoms with Crippen molar-refractivity contribution < 1.29 is 9.47 Å². The summed E-state index contributed by atoms with van der Waals surface area (Å²) in [5.74, 6) is 1.41. The van der Waals surface area contributed by atoms with Gasteiger partial charge in [0, 0.05) is 10.9 Å². The molecular weight excluding hydrogens is 222 g/mol. The van der Waals surface area contributed by atoms with Crippen molar-refractivity contribution in [1.82, 2.24) is 0 Å². The molecule has 1 aromatic carbocycles. The molecule has 0 aliphatic heterocycles. The van der Waals surface area contributed by atoms with Crippen LogP contribution in [0.25, 0.3) is 0 Å². The van der Waals surface area contributed by atoms with Crippen molar-refractivity contribution in [3.05, 3.63) is 40.6 Å². The Morgan fingerprint density at radius 1 is 1.31 bits per heavy atom. The van der Waals surface area contributed by atoms with Crippen LogP contribution < -0.4 is 15.2 Å². The highest BCUT2D eigenvalue weighted by molar-refractivity contribution is 7.09. The molecule has 1 aromatic heterocycles. The fourth-order valence-electron chi connectivity index (χ4n) is 1.33. The molecule has 16 heavy (non-hydrogen) atoms. The number of hydrogen-bond acceptors (Lipinski definition) is 4. The second-order valence-corrected chi connectivity index (χ2v) is 4.30. The third kappa shape index (κ3) is 2.46. The molecule has 0 saturated carbocycles. The summed E-state index contributed by atoms with van der Waals surface area (Å²) in [4.78, 5) is 1.19. The van der Waals surface area contributed by atoms with E-state index in [0.717, 1.165) is 5.75 Å². The highest BCUT2D eigenvalue weighted by atomic mass is 32.1. The van der Waals surface area contributed by atoms with E-state index in [2.05, 4.69) is 0 Å². The molecule has 2 N–H and O–H groups in total. The second-order valence-electron chi connectivity index (χ2n) is 3.27. The van der Waals surface area contributed by atoms with Crippen molar-refractivity contribution in [1.29, 1.82) is 0 Å². The largest absolute Gasteiger partial charge is 0.494 e. The molecule has 0 atom stereocenters. The molecule has 2 aromatic rings. The maximum Gasteiger partial charge on any atom is 0.145 e. The van der Waals surface area contributed by atoms with Crippen LogP contribution in [-0.4, -0.2) is 7.11 Å². The molecule has 0 aliphatic rings. The molecule has 0 spiro atoms. The lowest BCUT2D eigenvalue weighted by Gasteiger charge is -2.08. The summed E-state index contributed by atoms with van der Waals surface area (Å²) in [6, 6.07) is 9.46. The molecule has 4 heteroatoms. The number of nitrogens with two attached hydrogens (primary N) is 1. The van der Waals surface area contributed by atoms with Gasteiger partial charge in [-0.15, -0.1) is 11.3 Å². The highest BCUT2D eigenvalue weighted by Gasteiger charge is 2.02. The van der Waals surface area contributed by atoms with E-state index in [4.69, 9.17) is 15.2 Å². The molecule has 0 saturated heterocycles. The number of nitrogen functional groups attached to an aromatic ring is 1. The number of anilines is 1. The second kappa shape index (κ2) is 4.90. The summed E-state index contributed by atoms with van der Waals surface area (Å²) in [6.07, 6.45) is 0. The number of ether oxygens (including phenoxy) is 2. The molecular formula is C12H13NO2S. The van der Waals surface area contributed by atoms with Crippen LogP contribution in [0.15, 0.2) is 35.7 Å². The Labute approximate surface area is 98.4 Å². The lowest BCUT2D eigenvalue weighted by molar-refractivity contribution is 0.307. The monoisotopic (exact) mass is 235 g/mol. The highest BCUT2D eigenvalue weighted by Crippen LogP contribution is 2.27. The first-order chi connectivity index (χ1) is 7.79. The fraction of sp³-hybridized carbons (Fsp3) is 0.167. The van der Waals surface area contributed by atoms with E-state index in [1.165, 1.54) is 4.88 Å². The van der Waals surface area contributed by atoms with E-state index in [1.54, 1.807) is 30.6 Å². The van der Waals surface area contributed by atoms with Gasteiger partial charge in [-0.2, -0.15) is 0 Å². The topological polar surface area (TPSA) is 44.5 Å². The lowest BCUT2D eigenvalue weighted by atomic mass is 10.3.